The molecule has 0 spiro atoms. The molecule has 0 amide bonds. The molecule has 3 rings (SSSR count). The van der Waals surface area contributed by atoms with Crippen LogP contribution in [0.25, 0.3) is 0 Å². The van der Waals surface area contributed by atoms with Gasteiger partial charge in [-0.3, -0.25) is 10.4 Å². The largest absolute Gasteiger partial charge is 0.467 e. The minimum absolute atomic E-state index is 0.167. The van der Waals surface area contributed by atoms with Gasteiger partial charge in [-0.1, -0.05) is 90.1 Å². The molecule has 0 aliphatic rings. The summed E-state index contributed by atoms with van der Waals surface area (Å²) in [6.45, 7) is 21.8. The molecule has 0 saturated carbocycles. The molecule has 0 fully saturated rings. The number of rotatable bonds is 9. The Labute approximate surface area is 285 Å². The molecular formula is C38H62N6O3. The van der Waals surface area contributed by atoms with Crippen molar-refractivity contribution < 1.29 is 14.3 Å². The van der Waals surface area contributed by atoms with E-state index in [1.807, 2.05) is 135 Å². The molecule has 0 radical (unpaired) electrons. The molecule has 1 unspecified atom stereocenters. The highest BCUT2D eigenvalue weighted by Gasteiger charge is 2.42. The normalized spacial score (nSPS) is 11.2. The van der Waals surface area contributed by atoms with E-state index >= 15 is 0 Å². The summed E-state index contributed by atoms with van der Waals surface area (Å²) in [5, 5.41) is 6.28. The number of carbonyl (C=O) groups is 1. The lowest BCUT2D eigenvalue weighted by Crippen LogP contribution is -2.58. The molecule has 47 heavy (non-hydrogen) atoms. The van der Waals surface area contributed by atoms with Crippen molar-refractivity contribution in [1.82, 2.24) is 9.88 Å². The van der Waals surface area contributed by atoms with Crippen molar-refractivity contribution in [2.75, 3.05) is 39.7 Å². The van der Waals surface area contributed by atoms with Gasteiger partial charge in [-0.2, -0.15) is 0 Å². The van der Waals surface area contributed by atoms with E-state index in [1.165, 1.54) is 14.0 Å². The fraction of sp³-hybridized carbons (Fsp3) is 0.474. The van der Waals surface area contributed by atoms with Gasteiger partial charge in [0.05, 0.1) is 36.7 Å². The molecule has 9 heteroatoms. The predicted molar refractivity (Wildman–Crippen MR) is 202 cm³/mol. The van der Waals surface area contributed by atoms with Crippen LogP contribution in [0.3, 0.4) is 0 Å². The molecule has 0 bridgehead atoms. The Hall–Kier alpha value is -4.40. The van der Waals surface area contributed by atoms with E-state index in [0.29, 0.717) is 24.6 Å². The number of esters is 1. The summed E-state index contributed by atoms with van der Waals surface area (Å²) in [6, 6.07) is 19.8. The number of methoxy groups -OCH3 is 1. The predicted octanol–water partition coefficient (Wildman–Crippen LogP) is 8.45. The van der Waals surface area contributed by atoms with E-state index in [1.54, 1.807) is 7.05 Å². The number of nitrogens with one attached hydrogen (secondary N) is 1. The highest BCUT2D eigenvalue weighted by Crippen LogP contribution is 2.38. The summed E-state index contributed by atoms with van der Waals surface area (Å²) in [7, 11) is 7.02. The smallest absolute Gasteiger partial charge is 0.333 e. The zero-order chi connectivity index (χ0) is 36.7. The Kier molecular flexibility index (Phi) is 22.7. The number of hydrogen-bond acceptors (Lipinski definition) is 7. The van der Waals surface area contributed by atoms with Gasteiger partial charge in [-0.15, -0.1) is 0 Å². The van der Waals surface area contributed by atoms with Crippen molar-refractivity contribution >= 4 is 23.3 Å². The van der Waals surface area contributed by atoms with Gasteiger partial charge in [0, 0.05) is 33.1 Å². The third-order valence-corrected chi connectivity index (χ3v) is 6.99. The van der Waals surface area contributed by atoms with Gasteiger partial charge in [0.25, 0.3) is 0 Å². The van der Waals surface area contributed by atoms with Crippen LogP contribution in [0.4, 0.5) is 5.69 Å². The number of amidine groups is 2. The van der Waals surface area contributed by atoms with E-state index in [0.717, 1.165) is 33.9 Å². The van der Waals surface area contributed by atoms with Gasteiger partial charge < -0.3 is 25.0 Å². The summed E-state index contributed by atoms with van der Waals surface area (Å²) < 4.78 is 11.6. The van der Waals surface area contributed by atoms with Crippen molar-refractivity contribution in [1.29, 1.82) is 5.41 Å². The third-order valence-electron chi connectivity index (χ3n) is 6.99. The Morgan fingerprint density at radius 3 is 1.83 bits per heavy atom. The Morgan fingerprint density at radius 2 is 1.38 bits per heavy atom. The van der Waals surface area contributed by atoms with Crippen molar-refractivity contribution in [3.63, 3.8) is 0 Å². The number of aliphatic imine (C=N–C) groups is 1. The number of nitrogens with two attached hydrogens (primary N) is 1. The molecule has 262 valence electrons. The monoisotopic (exact) mass is 650 g/mol. The molecule has 0 aliphatic carbocycles. The number of ether oxygens (including phenoxy) is 2. The maximum Gasteiger partial charge on any atom is 0.333 e. The number of benzene rings is 2. The van der Waals surface area contributed by atoms with E-state index < -0.39 is 5.54 Å². The van der Waals surface area contributed by atoms with Crippen molar-refractivity contribution in [3.8, 4) is 11.6 Å². The van der Waals surface area contributed by atoms with E-state index in [9.17, 15) is 4.79 Å². The molecule has 1 heterocycles. The van der Waals surface area contributed by atoms with Crippen LogP contribution < -0.4 is 15.4 Å². The molecule has 3 N–H and O–H groups in total. The Balaban J connectivity index is 0. The van der Waals surface area contributed by atoms with Crippen LogP contribution in [0.2, 0.25) is 0 Å². The van der Waals surface area contributed by atoms with Crippen LogP contribution in [0.1, 0.15) is 84.7 Å². The van der Waals surface area contributed by atoms with Crippen molar-refractivity contribution in [2.45, 2.75) is 88.1 Å². The molecule has 1 aromatic heterocycles. The van der Waals surface area contributed by atoms with Crippen molar-refractivity contribution in [3.05, 3.63) is 83.0 Å². The first-order valence-corrected chi connectivity index (χ1v) is 16.4. The summed E-state index contributed by atoms with van der Waals surface area (Å²) in [5.41, 5.74) is 8.44. The lowest BCUT2D eigenvalue weighted by atomic mass is 9.95. The maximum atomic E-state index is 13.3. The van der Waals surface area contributed by atoms with Gasteiger partial charge in [0.15, 0.2) is 5.54 Å². The number of carbonyl (C=O) groups excluding carboxylic acids is 1. The minimum atomic E-state index is -1.01. The average Bonchev–Trinajstić information content (AvgIpc) is 3.09. The summed E-state index contributed by atoms with van der Waals surface area (Å²) in [4.78, 5) is 26.5. The second-order valence-electron chi connectivity index (χ2n) is 10.2. The number of hydrogen-bond donors (Lipinski definition) is 2. The summed E-state index contributed by atoms with van der Waals surface area (Å²) in [6.07, 6.45) is 0.634. The van der Waals surface area contributed by atoms with Gasteiger partial charge in [-0.25, -0.2) is 9.78 Å². The topological polar surface area (TPSA) is 117 Å². The van der Waals surface area contributed by atoms with E-state index in [-0.39, 0.29) is 11.8 Å². The van der Waals surface area contributed by atoms with Gasteiger partial charge >= 0.3 is 5.97 Å². The minimum Gasteiger partial charge on any atom is -0.467 e. The van der Waals surface area contributed by atoms with E-state index in [4.69, 9.17) is 25.6 Å². The highest BCUT2D eigenvalue weighted by molar-refractivity contribution is 5.88. The van der Waals surface area contributed by atoms with E-state index in [2.05, 4.69) is 24.0 Å². The first-order valence-electron chi connectivity index (χ1n) is 16.4. The average molecular weight is 651 g/mol. The van der Waals surface area contributed by atoms with Gasteiger partial charge in [0.2, 0.25) is 5.88 Å². The van der Waals surface area contributed by atoms with Crippen LogP contribution in [0, 0.1) is 19.3 Å². The lowest BCUT2D eigenvalue weighted by Gasteiger charge is -2.42. The van der Waals surface area contributed by atoms with Gasteiger partial charge in [0.1, 0.15) is 5.75 Å². The number of nitrogens with zero attached hydrogens (tertiary/aromatic N) is 4. The SMILES string of the molecule is CC.CC.CC.CC(=N)N.CN=C(C)N(C)CC(C)(C(=O)OC)N(C)c1c(C)c(Cc2ccccc2)nc(Oc2ccccc2)c1C. The van der Waals surface area contributed by atoms with Crippen LogP contribution in [-0.2, 0) is 16.0 Å². The van der Waals surface area contributed by atoms with Gasteiger partial charge in [-0.05, 0) is 57.9 Å². The van der Waals surface area contributed by atoms with Crippen LogP contribution in [-0.4, -0.2) is 67.9 Å². The summed E-state index contributed by atoms with van der Waals surface area (Å²) in [5.74, 6) is 1.86. The van der Waals surface area contributed by atoms with Crippen molar-refractivity contribution in [2.24, 2.45) is 10.7 Å². The molecule has 1 atom stereocenters. The number of para-hydroxylation sites is 1. The number of anilines is 1. The number of likely N-dealkylation sites (N-methyl/N-ethyl adjacent to an activating group) is 2. The Bertz CT molecular complexity index is 1280. The second kappa shape index (κ2) is 23.9. The zero-order valence-corrected chi connectivity index (χ0v) is 31.8. The first kappa shape index (κ1) is 44.7. The standard InChI is InChI=1S/C30H38N4O3.C2H6N2.3C2H6/c1-21-26(19-24-15-11-9-12-16-24)32-28(37-25-17-13-10-14-18-25)22(2)27(21)34(7)30(4,29(35)36-8)20-33(6)23(3)31-5;1-2(3)4;3*1-2/h9-18H,19-20H2,1-8H3;1H3,(H3,3,4);3*1-2H3. The summed E-state index contributed by atoms with van der Waals surface area (Å²) >= 11 is 0. The molecular weight excluding hydrogens is 588 g/mol. The lowest BCUT2D eigenvalue weighted by molar-refractivity contribution is -0.146. The fourth-order valence-corrected chi connectivity index (χ4v) is 4.49. The maximum absolute atomic E-state index is 13.3. The number of aromatic nitrogens is 1. The third kappa shape index (κ3) is 13.9. The molecule has 9 nitrogen and oxygen atoms in total. The molecule has 3 aromatic rings. The quantitative estimate of drug-likeness (QED) is 0.136. The van der Waals surface area contributed by atoms with Crippen LogP contribution >= 0.6 is 0 Å². The molecule has 0 aliphatic heterocycles. The Morgan fingerprint density at radius 1 is 0.915 bits per heavy atom. The molecule has 0 saturated heterocycles. The second-order valence-corrected chi connectivity index (χ2v) is 10.2. The fourth-order valence-electron chi connectivity index (χ4n) is 4.49. The first-order chi connectivity index (χ1) is 22.3. The zero-order valence-electron chi connectivity index (χ0n) is 31.8. The number of pyridine rings is 1. The highest BCUT2D eigenvalue weighted by atomic mass is 16.5. The van der Waals surface area contributed by atoms with Crippen LogP contribution in [0.15, 0.2) is 65.7 Å². The molecule has 2 aromatic carbocycles. The van der Waals surface area contributed by atoms with Crippen LogP contribution in [0.5, 0.6) is 11.6 Å².